The molecule has 4 aromatic rings. The van der Waals surface area contributed by atoms with Crippen LogP contribution in [0.5, 0.6) is 0 Å². The largest absolute Gasteiger partial charge is 0.377 e. The third-order valence-corrected chi connectivity index (χ3v) is 9.24. The smallest absolute Gasteiger partial charge is 0.249 e. The number of halogens is 1. The number of hydrogen-bond acceptors (Lipinski definition) is 8. The maximum Gasteiger partial charge on any atom is 0.249 e. The van der Waals surface area contributed by atoms with Crippen molar-refractivity contribution < 1.29 is 9.13 Å². The molecule has 0 spiro atoms. The summed E-state index contributed by atoms with van der Waals surface area (Å²) in [6.45, 7) is 3.43. The lowest BCUT2D eigenvalue weighted by atomic mass is 10.1. The predicted molar refractivity (Wildman–Crippen MR) is 148 cm³/mol. The Morgan fingerprint density at radius 1 is 1.13 bits per heavy atom. The highest BCUT2D eigenvalue weighted by Gasteiger charge is 2.28. The number of H-pyrrole nitrogens is 1. The van der Waals surface area contributed by atoms with Crippen LogP contribution in [0.15, 0.2) is 91.5 Å². The first-order valence-electron chi connectivity index (χ1n) is 12.4. The second-order valence-electron chi connectivity index (χ2n) is 9.19. The van der Waals surface area contributed by atoms with Gasteiger partial charge in [-0.1, -0.05) is 35.7 Å². The first kappa shape index (κ1) is 25.0. The first-order chi connectivity index (χ1) is 18.6. The normalized spacial score (nSPS) is 17.4. The molecule has 0 amide bonds. The van der Waals surface area contributed by atoms with Crippen molar-refractivity contribution in [3.63, 3.8) is 0 Å². The van der Waals surface area contributed by atoms with Crippen LogP contribution in [0.2, 0.25) is 0 Å². The Balaban J connectivity index is 1.21. The van der Waals surface area contributed by atoms with Gasteiger partial charge in [0.2, 0.25) is 5.56 Å². The van der Waals surface area contributed by atoms with Crippen LogP contribution in [-0.2, 0) is 11.4 Å². The molecule has 0 bridgehead atoms. The van der Waals surface area contributed by atoms with Gasteiger partial charge in [0.05, 0.1) is 24.0 Å². The number of pyridine rings is 1. The zero-order valence-corrected chi connectivity index (χ0v) is 22.3. The third-order valence-electron chi connectivity index (χ3n) is 6.63. The van der Waals surface area contributed by atoms with Crippen molar-refractivity contribution in [1.29, 1.82) is 0 Å². The van der Waals surface area contributed by atoms with Crippen LogP contribution in [0.3, 0.4) is 0 Å². The van der Waals surface area contributed by atoms with Gasteiger partial charge in [0.25, 0.3) is 0 Å². The second-order valence-corrected chi connectivity index (χ2v) is 11.3. The molecule has 1 fully saturated rings. The van der Waals surface area contributed by atoms with Gasteiger partial charge in [0, 0.05) is 56.3 Å². The monoisotopic (exact) mass is 547 g/mol. The van der Waals surface area contributed by atoms with Gasteiger partial charge in [-0.3, -0.25) is 4.79 Å². The summed E-state index contributed by atoms with van der Waals surface area (Å²) < 4.78 is 19.3. The maximum absolute atomic E-state index is 13.0. The predicted octanol–water partition coefficient (Wildman–Crippen LogP) is 6.00. The van der Waals surface area contributed by atoms with E-state index in [1.807, 2.05) is 13.0 Å². The third kappa shape index (κ3) is 5.16. The fraction of sp³-hybridized carbons (Fsp3) is 0.250. The Morgan fingerprint density at radius 2 is 2.05 bits per heavy atom. The van der Waals surface area contributed by atoms with Gasteiger partial charge in [-0.25, -0.2) is 14.4 Å². The van der Waals surface area contributed by atoms with Crippen molar-refractivity contribution in [3.8, 4) is 0 Å². The van der Waals surface area contributed by atoms with Crippen molar-refractivity contribution in [2.24, 2.45) is 0 Å². The number of aromatic nitrogens is 3. The Labute approximate surface area is 228 Å². The maximum atomic E-state index is 13.0. The molecule has 0 saturated carbocycles. The molecule has 6 rings (SSSR count). The number of rotatable bonds is 6. The number of benzene rings is 2. The van der Waals surface area contributed by atoms with E-state index >= 15 is 0 Å². The zero-order chi connectivity index (χ0) is 26.1. The fourth-order valence-electron chi connectivity index (χ4n) is 4.72. The lowest BCUT2D eigenvalue weighted by Gasteiger charge is -2.36. The molecule has 1 saturated heterocycles. The van der Waals surface area contributed by atoms with Gasteiger partial charge >= 0.3 is 0 Å². The Kier molecular flexibility index (Phi) is 7.10. The molecule has 2 aliphatic heterocycles. The molecule has 2 unspecified atom stereocenters. The minimum Gasteiger partial charge on any atom is -0.377 e. The van der Waals surface area contributed by atoms with Gasteiger partial charge in [-0.2, -0.15) is 0 Å². The molecule has 2 N–H and O–H groups in total. The van der Waals surface area contributed by atoms with Gasteiger partial charge < -0.3 is 19.9 Å². The van der Waals surface area contributed by atoms with Crippen molar-refractivity contribution in [3.05, 3.63) is 94.4 Å². The van der Waals surface area contributed by atoms with E-state index in [9.17, 15) is 9.18 Å². The van der Waals surface area contributed by atoms with Gasteiger partial charge in [-0.15, -0.1) is 0 Å². The first-order valence-corrected chi connectivity index (χ1v) is 14.0. The van der Waals surface area contributed by atoms with E-state index in [2.05, 4.69) is 61.6 Å². The zero-order valence-electron chi connectivity index (χ0n) is 20.7. The molecular weight excluding hydrogens is 521 g/mol. The summed E-state index contributed by atoms with van der Waals surface area (Å²) in [7, 11) is 0. The summed E-state index contributed by atoms with van der Waals surface area (Å²) in [5, 5.41) is 3.49. The molecule has 2 aromatic heterocycles. The molecule has 2 aromatic carbocycles. The Bertz CT molecular complexity index is 1530. The number of aromatic amines is 1. The van der Waals surface area contributed by atoms with Crippen molar-refractivity contribution in [1.82, 2.24) is 15.0 Å². The SMILES string of the molecule is CC(Nc1ccc2c(c1)Sc1cccc(C3CN(c4cc[nH]c(=O)c4)CCO3)c1S2)c1cc(CF)ncn1. The second kappa shape index (κ2) is 10.8. The molecule has 194 valence electrons. The van der Waals surface area contributed by atoms with Crippen LogP contribution < -0.4 is 15.8 Å². The molecule has 0 aliphatic carbocycles. The van der Waals surface area contributed by atoms with Gasteiger partial charge in [0.1, 0.15) is 19.1 Å². The summed E-state index contributed by atoms with van der Waals surface area (Å²) >= 11 is 3.52. The van der Waals surface area contributed by atoms with Crippen molar-refractivity contribution >= 4 is 34.9 Å². The molecule has 0 radical (unpaired) electrons. The number of ether oxygens (including phenoxy) is 1. The summed E-state index contributed by atoms with van der Waals surface area (Å²) in [4.78, 5) is 29.8. The number of morpholine rings is 1. The average molecular weight is 548 g/mol. The van der Waals surface area contributed by atoms with Crippen LogP contribution in [-0.4, -0.2) is 34.6 Å². The molecule has 2 aliphatic rings. The fourth-order valence-corrected chi connectivity index (χ4v) is 7.17. The highest BCUT2D eigenvalue weighted by atomic mass is 32.2. The number of alkyl halides is 1. The van der Waals surface area contributed by atoms with E-state index in [1.54, 1.807) is 41.9 Å². The van der Waals surface area contributed by atoms with E-state index in [-0.39, 0.29) is 17.7 Å². The summed E-state index contributed by atoms with van der Waals surface area (Å²) in [6, 6.07) is 17.9. The lowest BCUT2D eigenvalue weighted by molar-refractivity contribution is 0.0379. The molecule has 7 nitrogen and oxygen atoms in total. The quantitative estimate of drug-likeness (QED) is 0.268. The molecular formula is C28H26FN5O2S2. The van der Waals surface area contributed by atoms with E-state index in [0.29, 0.717) is 18.8 Å². The Morgan fingerprint density at radius 3 is 2.92 bits per heavy atom. The minimum atomic E-state index is -0.605. The van der Waals surface area contributed by atoms with Crippen LogP contribution >= 0.6 is 23.5 Å². The van der Waals surface area contributed by atoms with Crippen LogP contribution in [0.4, 0.5) is 15.8 Å². The highest BCUT2D eigenvalue weighted by Crippen LogP contribution is 2.52. The van der Waals surface area contributed by atoms with Crippen LogP contribution in [0.1, 0.15) is 36.0 Å². The topological polar surface area (TPSA) is 83.1 Å². The standard InChI is InChI=1S/C28H26FN5O2S2/c1-17(22-11-19(14-29)31-16-32-22)33-18-5-6-24-26(12-18)37-25-4-2-3-21(28(25)38-24)23-15-34(9-10-36-23)20-7-8-30-27(35)13-20/h2-8,11-13,16-17,23,33H,9-10,14-15H2,1H3,(H,30,35). The number of nitrogens with one attached hydrogen (secondary N) is 2. The van der Waals surface area contributed by atoms with E-state index in [0.717, 1.165) is 23.6 Å². The Hall–Kier alpha value is -3.34. The minimum absolute atomic E-state index is 0.0866. The molecule has 4 heterocycles. The summed E-state index contributed by atoms with van der Waals surface area (Å²) in [5.74, 6) is 0. The number of nitrogens with zero attached hydrogens (tertiary/aromatic N) is 3. The molecule has 2 atom stereocenters. The highest BCUT2D eigenvalue weighted by molar-refractivity contribution is 8.05. The van der Waals surface area contributed by atoms with Gasteiger partial charge in [0.15, 0.2) is 0 Å². The number of hydrogen-bond donors (Lipinski definition) is 2. The number of anilines is 2. The molecule has 10 heteroatoms. The summed E-state index contributed by atoms with van der Waals surface area (Å²) in [5.41, 5.74) is 4.10. The van der Waals surface area contributed by atoms with Crippen molar-refractivity contribution in [2.75, 3.05) is 29.9 Å². The lowest BCUT2D eigenvalue weighted by Crippen LogP contribution is -2.39. The van der Waals surface area contributed by atoms with Gasteiger partial charge in [-0.05, 0) is 48.9 Å². The van der Waals surface area contributed by atoms with Crippen molar-refractivity contribution in [2.45, 2.75) is 45.3 Å². The van der Waals surface area contributed by atoms with E-state index in [4.69, 9.17) is 4.74 Å². The molecule has 38 heavy (non-hydrogen) atoms. The van der Waals surface area contributed by atoms with E-state index in [1.165, 1.54) is 31.5 Å². The van der Waals surface area contributed by atoms with E-state index < -0.39 is 6.67 Å². The number of fused-ring (bicyclic) bond motifs is 2. The van der Waals surface area contributed by atoms with Crippen LogP contribution in [0, 0.1) is 0 Å². The average Bonchev–Trinajstić information content (AvgIpc) is 2.96. The van der Waals surface area contributed by atoms with Crippen LogP contribution in [0.25, 0.3) is 0 Å². The summed E-state index contributed by atoms with van der Waals surface area (Å²) in [6.07, 6.45) is 3.01.